The Balaban J connectivity index is 1.90. The zero-order chi connectivity index (χ0) is 13.8. The molecule has 1 aromatic carbocycles. The number of amides is 1. The van der Waals surface area contributed by atoms with E-state index in [9.17, 15) is 15.0 Å². The fraction of sp³-hybridized carbons (Fsp3) is 0.500. The summed E-state index contributed by atoms with van der Waals surface area (Å²) in [6.45, 7) is 0.496. The molecule has 0 radical (unpaired) electrons. The number of phenolic OH excluding ortho intramolecular Hbond substituents is 2. The molecule has 2 atom stereocenters. The lowest BCUT2D eigenvalue weighted by atomic mass is 9.87. The molecule has 5 nitrogen and oxygen atoms in total. The maximum absolute atomic E-state index is 11.9. The van der Waals surface area contributed by atoms with E-state index in [1.54, 1.807) is 0 Å². The molecule has 1 fully saturated rings. The van der Waals surface area contributed by atoms with Crippen LogP contribution in [0.5, 0.6) is 11.5 Å². The van der Waals surface area contributed by atoms with Crippen molar-refractivity contribution in [2.24, 2.45) is 5.92 Å². The number of phenols is 2. The lowest BCUT2D eigenvalue weighted by Crippen LogP contribution is -2.33. The van der Waals surface area contributed by atoms with Gasteiger partial charge in [-0.05, 0) is 37.3 Å². The van der Waals surface area contributed by atoms with Crippen molar-refractivity contribution in [1.82, 2.24) is 5.32 Å². The van der Waals surface area contributed by atoms with E-state index in [1.165, 1.54) is 12.1 Å². The number of aliphatic hydroxyl groups excluding tert-OH is 1. The first-order valence-corrected chi connectivity index (χ1v) is 6.54. The van der Waals surface area contributed by atoms with Crippen molar-refractivity contribution in [1.29, 1.82) is 0 Å². The highest BCUT2D eigenvalue weighted by Gasteiger charge is 2.21. The average molecular weight is 265 g/mol. The molecule has 0 saturated heterocycles. The lowest BCUT2D eigenvalue weighted by molar-refractivity contribution is 0.0872. The van der Waals surface area contributed by atoms with Crippen LogP contribution in [0, 0.1) is 5.92 Å². The van der Waals surface area contributed by atoms with Gasteiger partial charge in [-0.25, -0.2) is 0 Å². The van der Waals surface area contributed by atoms with Gasteiger partial charge in [0.2, 0.25) is 0 Å². The van der Waals surface area contributed by atoms with Gasteiger partial charge >= 0.3 is 0 Å². The topological polar surface area (TPSA) is 89.8 Å². The van der Waals surface area contributed by atoms with Gasteiger partial charge in [-0.2, -0.15) is 0 Å². The Morgan fingerprint density at radius 1 is 1.32 bits per heavy atom. The number of hydrogen-bond donors (Lipinski definition) is 4. The Labute approximate surface area is 111 Å². The second-order valence-electron chi connectivity index (χ2n) is 5.10. The van der Waals surface area contributed by atoms with Crippen molar-refractivity contribution < 1.29 is 20.1 Å². The van der Waals surface area contributed by atoms with Crippen LogP contribution in [0.25, 0.3) is 0 Å². The van der Waals surface area contributed by atoms with Crippen LogP contribution in [-0.4, -0.2) is 33.9 Å². The average Bonchev–Trinajstić information content (AvgIpc) is 2.36. The van der Waals surface area contributed by atoms with Crippen LogP contribution in [0.4, 0.5) is 0 Å². The van der Waals surface area contributed by atoms with Crippen LogP contribution < -0.4 is 5.32 Å². The van der Waals surface area contributed by atoms with Crippen molar-refractivity contribution in [2.75, 3.05) is 6.54 Å². The van der Waals surface area contributed by atoms with Crippen molar-refractivity contribution in [3.8, 4) is 11.5 Å². The van der Waals surface area contributed by atoms with E-state index in [0.29, 0.717) is 13.0 Å². The Morgan fingerprint density at radius 2 is 2.11 bits per heavy atom. The lowest BCUT2D eigenvalue weighted by Gasteiger charge is -2.25. The fourth-order valence-corrected chi connectivity index (χ4v) is 2.49. The molecule has 104 valence electrons. The molecule has 0 bridgehead atoms. The Bertz CT molecular complexity index is 461. The molecule has 1 aromatic rings. The van der Waals surface area contributed by atoms with Gasteiger partial charge < -0.3 is 20.6 Å². The van der Waals surface area contributed by atoms with Gasteiger partial charge in [-0.15, -0.1) is 0 Å². The summed E-state index contributed by atoms with van der Waals surface area (Å²) in [6, 6.07) is 3.88. The number of nitrogens with one attached hydrogen (secondary N) is 1. The van der Waals surface area contributed by atoms with Crippen LogP contribution in [-0.2, 0) is 0 Å². The first-order chi connectivity index (χ1) is 9.06. The van der Waals surface area contributed by atoms with E-state index < -0.39 is 0 Å². The van der Waals surface area contributed by atoms with Crippen molar-refractivity contribution in [3.05, 3.63) is 23.8 Å². The van der Waals surface area contributed by atoms with Crippen molar-refractivity contribution in [2.45, 2.75) is 31.8 Å². The molecule has 1 aliphatic carbocycles. The second kappa shape index (κ2) is 5.93. The monoisotopic (exact) mass is 265 g/mol. The third-order valence-corrected chi connectivity index (χ3v) is 3.53. The molecule has 0 aromatic heterocycles. The zero-order valence-corrected chi connectivity index (χ0v) is 10.7. The van der Waals surface area contributed by atoms with Gasteiger partial charge in [-0.3, -0.25) is 4.79 Å². The number of benzene rings is 1. The summed E-state index contributed by atoms with van der Waals surface area (Å²) in [5.74, 6) is -0.393. The summed E-state index contributed by atoms with van der Waals surface area (Å²) >= 11 is 0. The number of aliphatic hydroxyl groups is 1. The van der Waals surface area contributed by atoms with Crippen LogP contribution in [0.2, 0.25) is 0 Å². The largest absolute Gasteiger partial charge is 0.508 e. The van der Waals surface area contributed by atoms with E-state index in [4.69, 9.17) is 5.11 Å². The number of carbonyl (C=O) groups is 1. The van der Waals surface area contributed by atoms with Crippen LogP contribution >= 0.6 is 0 Å². The molecule has 19 heavy (non-hydrogen) atoms. The molecule has 1 saturated carbocycles. The fourth-order valence-electron chi connectivity index (χ4n) is 2.49. The van der Waals surface area contributed by atoms with E-state index >= 15 is 0 Å². The van der Waals surface area contributed by atoms with Gasteiger partial charge in [0, 0.05) is 12.6 Å². The third kappa shape index (κ3) is 3.61. The highest BCUT2D eigenvalue weighted by Crippen LogP contribution is 2.25. The molecule has 2 unspecified atom stereocenters. The summed E-state index contributed by atoms with van der Waals surface area (Å²) < 4.78 is 0. The first kappa shape index (κ1) is 13.7. The van der Waals surface area contributed by atoms with E-state index in [0.717, 1.165) is 25.3 Å². The van der Waals surface area contributed by atoms with Gasteiger partial charge in [0.15, 0.2) is 0 Å². The molecule has 4 N–H and O–H groups in total. The standard InChI is InChI=1S/C14H19NO4/c16-10-3-1-2-9(6-10)8-15-14(19)12-5-4-11(17)7-13(12)18/h4-5,7,9-10,16-18H,1-3,6,8H2,(H,15,19). The van der Waals surface area contributed by atoms with E-state index in [1.807, 2.05) is 0 Å². The van der Waals surface area contributed by atoms with Gasteiger partial charge in [0.1, 0.15) is 11.5 Å². The predicted molar refractivity (Wildman–Crippen MR) is 70.1 cm³/mol. The smallest absolute Gasteiger partial charge is 0.255 e. The summed E-state index contributed by atoms with van der Waals surface area (Å²) in [7, 11) is 0. The highest BCUT2D eigenvalue weighted by atomic mass is 16.3. The van der Waals surface area contributed by atoms with Crippen molar-refractivity contribution in [3.63, 3.8) is 0 Å². The number of carbonyl (C=O) groups excluding carboxylic acids is 1. The molecular weight excluding hydrogens is 246 g/mol. The predicted octanol–water partition coefficient (Wildman–Crippen LogP) is 1.38. The Morgan fingerprint density at radius 3 is 2.79 bits per heavy atom. The summed E-state index contributed by atoms with van der Waals surface area (Å²) in [4.78, 5) is 11.9. The number of aromatic hydroxyl groups is 2. The number of hydrogen-bond acceptors (Lipinski definition) is 4. The molecule has 1 amide bonds. The SMILES string of the molecule is O=C(NCC1CCCC(O)C1)c1ccc(O)cc1O. The molecule has 5 heteroatoms. The molecule has 0 aliphatic heterocycles. The van der Waals surface area contributed by atoms with E-state index in [-0.39, 0.29) is 35.0 Å². The summed E-state index contributed by atoms with van der Waals surface area (Å²) in [6.07, 6.45) is 3.26. The molecule has 2 rings (SSSR count). The van der Waals surface area contributed by atoms with Crippen molar-refractivity contribution >= 4 is 5.91 Å². The van der Waals surface area contributed by atoms with Gasteiger partial charge in [0.05, 0.1) is 11.7 Å². The number of rotatable bonds is 3. The zero-order valence-electron chi connectivity index (χ0n) is 10.7. The van der Waals surface area contributed by atoms with Crippen LogP contribution in [0.1, 0.15) is 36.0 Å². The molecule has 0 heterocycles. The minimum absolute atomic E-state index is 0.0792. The van der Waals surface area contributed by atoms with Crippen LogP contribution in [0.15, 0.2) is 18.2 Å². The maximum Gasteiger partial charge on any atom is 0.255 e. The summed E-state index contributed by atoms with van der Waals surface area (Å²) in [5, 5.41) is 31.1. The minimum Gasteiger partial charge on any atom is -0.508 e. The second-order valence-corrected chi connectivity index (χ2v) is 5.10. The Kier molecular flexibility index (Phi) is 4.27. The molecule has 1 aliphatic rings. The first-order valence-electron chi connectivity index (χ1n) is 6.54. The minimum atomic E-state index is -0.363. The highest BCUT2D eigenvalue weighted by molar-refractivity contribution is 5.96. The molecule has 0 spiro atoms. The quantitative estimate of drug-likeness (QED) is 0.664. The molecular formula is C14H19NO4. The summed E-state index contributed by atoms with van der Waals surface area (Å²) in [5.41, 5.74) is 0.147. The normalized spacial score (nSPS) is 23.0. The Hall–Kier alpha value is -1.75. The van der Waals surface area contributed by atoms with E-state index in [2.05, 4.69) is 5.32 Å². The van der Waals surface area contributed by atoms with Gasteiger partial charge in [0.25, 0.3) is 5.91 Å². The van der Waals surface area contributed by atoms with Crippen LogP contribution in [0.3, 0.4) is 0 Å². The van der Waals surface area contributed by atoms with Gasteiger partial charge in [-0.1, -0.05) is 6.42 Å². The maximum atomic E-state index is 11.9. The third-order valence-electron chi connectivity index (χ3n) is 3.53.